The number of thiol groups is 1. The second-order valence-electron chi connectivity index (χ2n) is 3.33. The van der Waals surface area contributed by atoms with Crippen molar-refractivity contribution in [1.82, 2.24) is 0 Å². The third-order valence-corrected chi connectivity index (χ3v) is 3.00. The van der Waals surface area contributed by atoms with Crippen molar-refractivity contribution in [2.24, 2.45) is 5.92 Å². The molecule has 0 N–H and O–H groups in total. The van der Waals surface area contributed by atoms with Crippen LogP contribution >= 0.6 is 12.6 Å². The van der Waals surface area contributed by atoms with E-state index in [0.717, 1.165) is 11.5 Å². The Labute approximate surface area is 77.2 Å². The lowest BCUT2D eigenvalue weighted by molar-refractivity contribution is 0.626. The van der Waals surface area contributed by atoms with Crippen LogP contribution < -0.4 is 0 Å². The van der Waals surface area contributed by atoms with Gasteiger partial charge in [-0.25, -0.2) is 4.39 Å². The van der Waals surface area contributed by atoms with Gasteiger partial charge in [0.05, 0.1) is 0 Å². The summed E-state index contributed by atoms with van der Waals surface area (Å²) in [5.74, 6) is 0.550. The van der Waals surface area contributed by atoms with Crippen molar-refractivity contribution in [3.8, 4) is 0 Å². The average Bonchev–Trinajstić information content (AvgIpc) is 2.87. The number of hydrogen-bond acceptors (Lipinski definition) is 1. The minimum absolute atomic E-state index is 0.171. The number of benzene rings is 1. The summed E-state index contributed by atoms with van der Waals surface area (Å²) in [7, 11) is 0. The molecule has 0 nitrogen and oxygen atoms in total. The van der Waals surface area contributed by atoms with Gasteiger partial charge in [0.2, 0.25) is 0 Å². The minimum Gasteiger partial charge on any atom is -0.207 e. The Balaban J connectivity index is 2.16. The molecule has 1 unspecified atom stereocenters. The van der Waals surface area contributed by atoms with Gasteiger partial charge in [-0.1, -0.05) is 12.1 Å². The van der Waals surface area contributed by atoms with Crippen LogP contribution in [0.15, 0.2) is 24.3 Å². The molecule has 1 aliphatic rings. The predicted octanol–water partition coefficient (Wildman–Crippen LogP) is 3.21. The molecule has 1 aliphatic carbocycles. The Kier molecular flexibility index (Phi) is 2.09. The van der Waals surface area contributed by atoms with Gasteiger partial charge in [-0.3, -0.25) is 0 Å². The summed E-state index contributed by atoms with van der Waals surface area (Å²) < 4.78 is 12.5. The van der Waals surface area contributed by atoms with Crippen molar-refractivity contribution >= 4 is 12.6 Å². The van der Waals surface area contributed by atoms with E-state index in [1.807, 2.05) is 12.1 Å². The van der Waals surface area contributed by atoms with Crippen LogP contribution in [0, 0.1) is 11.7 Å². The molecule has 0 aromatic heterocycles. The molecular weight excluding hydrogens is 171 g/mol. The zero-order valence-corrected chi connectivity index (χ0v) is 7.60. The molecule has 2 heteroatoms. The summed E-state index contributed by atoms with van der Waals surface area (Å²) >= 11 is 4.49. The van der Waals surface area contributed by atoms with Gasteiger partial charge < -0.3 is 0 Å². The molecule has 1 aromatic rings. The SMILES string of the molecule is Fc1ccc(C(S)C2CC2)cc1. The van der Waals surface area contributed by atoms with Crippen LogP contribution in [0.2, 0.25) is 0 Å². The second kappa shape index (κ2) is 3.09. The lowest BCUT2D eigenvalue weighted by Gasteiger charge is -2.08. The average molecular weight is 182 g/mol. The molecule has 0 saturated heterocycles. The van der Waals surface area contributed by atoms with Crippen LogP contribution in [0.3, 0.4) is 0 Å². The van der Waals surface area contributed by atoms with Crippen molar-refractivity contribution < 1.29 is 4.39 Å². The van der Waals surface area contributed by atoms with Gasteiger partial charge in [0.15, 0.2) is 0 Å². The van der Waals surface area contributed by atoms with Crippen LogP contribution in [0.25, 0.3) is 0 Å². The highest BCUT2D eigenvalue weighted by Crippen LogP contribution is 2.44. The first-order valence-corrected chi connectivity index (χ1v) is 4.72. The summed E-state index contributed by atoms with van der Waals surface area (Å²) in [4.78, 5) is 0. The highest BCUT2D eigenvalue weighted by Gasteiger charge is 2.29. The van der Waals surface area contributed by atoms with Crippen LogP contribution in [-0.4, -0.2) is 0 Å². The summed E-state index contributed by atoms with van der Waals surface area (Å²) in [5, 5.41) is 0.311. The molecule has 0 bridgehead atoms. The van der Waals surface area contributed by atoms with Gasteiger partial charge in [-0.2, -0.15) is 12.6 Å². The van der Waals surface area contributed by atoms with Gasteiger partial charge in [0.1, 0.15) is 5.82 Å². The molecule has 2 rings (SSSR count). The van der Waals surface area contributed by atoms with Gasteiger partial charge in [-0.15, -0.1) is 0 Å². The molecule has 0 spiro atoms. The van der Waals surface area contributed by atoms with E-state index in [0.29, 0.717) is 5.25 Å². The number of rotatable bonds is 2. The molecule has 1 aromatic carbocycles. The molecule has 64 valence electrons. The smallest absolute Gasteiger partial charge is 0.123 e. The maximum absolute atomic E-state index is 12.5. The molecule has 0 amide bonds. The van der Waals surface area contributed by atoms with Crippen molar-refractivity contribution in [2.45, 2.75) is 18.1 Å². The molecular formula is C10H11FS. The molecule has 0 radical (unpaired) electrons. The fourth-order valence-electron chi connectivity index (χ4n) is 1.34. The molecule has 0 heterocycles. The highest BCUT2D eigenvalue weighted by atomic mass is 32.1. The first-order valence-electron chi connectivity index (χ1n) is 4.21. The van der Waals surface area contributed by atoms with E-state index < -0.39 is 0 Å². The van der Waals surface area contributed by atoms with Crippen LogP contribution in [0.1, 0.15) is 23.7 Å². The van der Waals surface area contributed by atoms with Crippen molar-refractivity contribution in [3.05, 3.63) is 35.6 Å². The third kappa shape index (κ3) is 1.63. The maximum Gasteiger partial charge on any atom is 0.123 e. The summed E-state index contributed by atoms with van der Waals surface area (Å²) in [5.41, 5.74) is 1.14. The van der Waals surface area contributed by atoms with Gasteiger partial charge in [0.25, 0.3) is 0 Å². The van der Waals surface area contributed by atoms with Gasteiger partial charge >= 0.3 is 0 Å². The third-order valence-electron chi connectivity index (χ3n) is 2.28. The Morgan fingerprint density at radius 3 is 2.33 bits per heavy atom. The molecule has 1 saturated carbocycles. The fourth-order valence-corrected chi connectivity index (χ4v) is 1.81. The Hall–Kier alpha value is -0.500. The molecule has 1 atom stereocenters. The predicted molar refractivity (Wildman–Crippen MR) is 50.9 cm³/mol. The molecule has 12 heavy (non-hydrogen) atoms. The second-order valence-corrected chi connectivity index (χ2v) is 3.89. The first kappa shape index (κ1) is 8.11. The minimum atomic E-state index is -0.171. The van der Waals surface area contributed by atoms with Crippen molar-refractivity contribution in [3.63, 3.8) is 0 Å². The number of halogens is 1. The van der Waals surface area contributed by atoms with Gasteiger partial charge in [0, 0.05) is 5.25 Å². The van der Waals surface area contributed by atoms with E-state index in [4.69, 9.17) is 0 Å². The van der Waals surface area contributed by atoms with E-state index >= 15 is 0 Å². The van der Waals surface area contributed by atoms with Crippen molar-refractivity contribution in [2.75, 3.05) is 0 Å². The standard InChI is InChI=1S/C10H11FS/c11-9-5-3-8(4-6-9)10(12)7-1-2-7/h3-7,10,12H,1-2H2. The lowest BCUT2D eigenvalue weighted by Crippen LogP contribution is -1.92. The molecule has 1 fully saturated rings. The zero-order valence-electron chi connectivity index (χ0n) is 6.70. The largest absolute Gasteiger partial charge is 0.207 e. The van der Waals surface area contributed by atoms with Crippen molar-refractivity contribution in [1.29, 1.82) is 0 Å². The summed E-state index contributed by atoms with van der Waals surface area (Å²) in [6.45, 7) is 0. The number of hydrogen-bond donors (Lipinski definition) is 1. The Morgan fingerprint density at radius 2 is 1.83 bits per heavy atom. The maximum atomic E-state index is 12.5. The van der Waals surface area contributed by atoms with E-state index in [1.54, 1.807) is 0 Å². The lowest BCUT2D eigenvalue weighted by atomic mass is 10.1. The Bertz CT molecular complexity index is 264. The highest BCUT2D eigenvalue weighted by molar-refractivity contribution is 7.80. The summed E-state index contributed by atoms with van der Waals surface area (Å²) in [6, 6.07) is 6.65. The van der Waals surface area contributed by atoms with Crippen LogP contribution in [0.4, 0.5) is 4.39 Å². The monoisotopic (exact) mass is 182 g/mol. The summed E-state index contributed by atoms with van der Waals surface area (Å²) in [6.07, 6.45) is 2.54. The van der Waals surface area contributed by atoms with E-state index in [2.05, 4.69) is 12.6 Å². The van der Waals surface area contributed by atoms with E-state index in [9.17, 15) is 4.39 Å². The molecule has 0 aliphatic heterocycles. The Morgan fingerprint density at radius 1 is 1.25 bits per heavy atom. The van der Waals surface area contributed by atoms with Gasteiger partial charge in [-0.05, 0) is 36.5 Å². The normalized spacial score (nSPS) is 19.2. The zero-order chi connectivity index (χ0) is 8.55. The first-order chi connectivity index (χ1) is 5.77. The fraction of sp³-hybridized carbons (Fsp3) is 0.400. The topological polar surface area (TPSA) is 0 Å². The quantitative estimate of drug-likeness (QED) is 0.667. The van der Waals surface area contributed by atoms with Crippen LogP contribution in [0.5, 0.6) is 0 Å². The van der Waals surface area contributed by atoms with Crippen LogP contribution in [-0.2, 0) is 0 Å². The van der Waals surface area contributed by atoms with E-state index in [1.165, 1.54) is 25.0 Å². The van der Waals surface area contributed by atoms with E-state index in [-0.39, 0.29) is 5.82 Å².